The van der Waals surface area contributed by atoms with Crippen LogP contribution in [0, 0.1) is 0 Å². The van der Waals surface area contributed by atoms with Gasteiger partial charge in [-0.2, -0.15) is 0 Å². The molecule has 1 aromatic carbocycles. The Hall–Kier alpha value is -2.05. The van der Waals surface area contributed by atoms with Gasteiger partial charge in [0.05, 0.1) is 13.7 Å². The van der Waals surface area contributed by atoms with Crippen molar-refractivity contribution in [3.05, 3.63) is 41.7 Å². The van der Waals surface area contributed by atoms with Gasteiger partial charge in [0.2, 0.25) is 6.29 Å². The van der Waals surface area contributed by atoms with E-state index in [-0.39, 0.29) is 18.4 Å². The zero-order valence-electron chi connectivity index (χ0n) is 15.9. The van der Waals surface area contributed by atoms with Crippen LogP contribution in [0.3, 0.4) is 0 Å². The molecular weight excluding hydrogens is 346 g/mol. The Morgan fingerprint density at radius 1 is 1.22 bits per heavy atom. The van der Waals surface area contributed by atoms with E-state index >= 15 is 0 Å². The summed E-state index contributed by atoms with van der Waals surface area (Å²) in [6.07, 6.45) is 5.68. The zero-order valence-corrected chi connectivity index (χ0v) is 15.9. The van der Waals surface area contributed by atoms with Gasteiger partial charge < -0.3 is 24.2 Å². The highest BCUT2D eigenvalue weighted by Gasteiger charge is 2.31. The number of ether oxygens (including phenoxy) is 3. The lowest BCUT2D eigenvalue weighted by molar-refractivity contribution is -0.152. The van der Waals surface area contributed by atoms with Crippen LogP contribution in [-0.2, 0) is 14.3 Å². The van der Waals surface area contributed by atoms with E-state index in [4.69, 9.17) is 19.3 Å². The van der Waals surface area contributed by atoms with Crippen molar-refractivity contribution in [3.63, 3.8) is 0 Å². The Kier molecular flexibility index (Phi) is 7.12. The number of carbonyl (C=O) groups excluding carboxylic acids is 1. The highest BCUT2D eigenvalue weighted by atomic mass is 16.7. The summed E-state index contributed by atoms with van der Waals surface area (Å²) in [7, 11) is 1.65. The molecule has 1 N–H and O–H groups in total. The maximum atomic E-state index is 12.8. The van der Waals surface area contributed by atoms with E-state index in [1.807, 2.05) is 35.2 Å². The summed E-state index contributed by atoms with van der Waals surface area (Å²) in [5, 5.41) is 8.92. The first-order valence-corrected chi connectivity index (χ1v) is 9.75. The molecule has 2 aliphatic rings. The molecule has 0 aliphatic carbocycles. The molecular formula is C21H29NO5. The summed E-state index contributed by atoms with van der Waals surface area (Å²) in [5.41, 5.74) is 1.11. The number of aliphatic hydroxyl groups excluding tert-OH is 1. The molecule has 1 fully saturated rings. The van der Waals surface area contributed by atoms with Crippen molar-refractivity contribution in [2.75, 3.05) is 33.4 Å². The predicted octanol–water partition coefficient (Wildman–Crippen LogP) is 2.82. The van der Waals surface area contributed by atoms with Gasteiger partial charge in [0.1, 0.15) is 5.75 Å². The summed E-state index contributed by atoms with van der Waals surface area (Å²) in [5.74, 6) is 1.19. The van der Waals surface area contributed by atoms with Gasteiger partial charge in [-0.05, 0) is 49.5 Å². The molecule has 3 rings (SSSR count). The predicted molar refractivity (Wildman–Crippen MR) is 101 cm³/mol. The Labute approximate surface area is 160 Å². The van der Waals surface area contributed by atoms with Gasteiger partial charge in [-0.15, -0.1) is 0 Å². The first-order valence-electron chi connectivity index (χ1n) is 9.75. The Balaban J connectivity index is 1.74. The Morgan fingerprint density at radius 3 is 2.63 bits per heavy atom. The zero-order chi connectivity index (χ0) is 19.1. The molecule has 2 atom stereocenters. The molecule has 2 heterocycles. The average molecular weight is 375 g/mol. The maximum Gasteiger partial charge on any atom is 0.288 e. The first-order chi connectivity index (χ1) is 13.2. The van der Waals surface area contributed by atoms with Crippen LogP contribution in [-0.4, -0.2) is 55.6 Å². The van der Waals surface area contributed by atoms with Crippen LogP contribution < -0.4 is 4.74 Å². The third-order valence-electron chi connectivity index (χ3n) is 5.06. The van der Waals surface area contributed by atoms with Crippen molar-refractivity contribution >= 4 is 5.91 Å². The lowest BCUT2D eigenvalue weighted by Gasteiger charge is -2.30. The minimum atomic E-state index is -0.456. The molecule has 0 unspecified atom stereocenters. The van der Waals surface area contributed by atoms with Gasteiger partial charge in [0, 0.05) is 32.0 Å². The minimum absolute atomic E-state index is 0.0466. The normalized spacial score (nSPS) is 22.3. The number of likely N-dealkylation sites (tertiary alicyclic amines) is 1. The fraction of sp³-hybridized carbons (Fsp3) is 0.571. The molecule has 1 saturated heterocycles. The fourth-order valence-corrected chi connectivity index (χ4v) is 3.50. The van der Waals surface area contributed by atoms with E-state index in [9.17, 15) is 4.79 Å². The molecule has 148 valence electrons. The summed E-state index contributed by atoms with van der Waals surface area (Å²) in [4.78, 5) is 14.7. The van der Waals surface area contributed by atoms with Crippen LogP contribution in [0.4, 0.5) is 0 Å². The van der Waals surface area contributed by atoms with Gasteiger partial charge in [0.25, 0.3) is 5.91 Å². The number of rotatable bonds is 8. The van der Waals surface area contributed by atoms with Crippen molar-refractivity contribution in [2.45, 2.75) is 44.3 Å². The highest BCUT2D eigenvalue weighted by Crippen LogP contribution is 2.33. The number of nitrogens with zero attached hydrogens (tertiary/aromatic N) is 1. The number of hydrogen-bond donors (Lipinski definition) is 1. The smallest absolute Gasteiger partial charge is 0.288 e. The third-order valence-corrected chi connectivity index (χ3v) is 5.06. The van der Waals surface area contributed by atoms with Crippen molar-refractivity contribution < 1.29 is 24.1 Å². The number of methoxy groups -OCH3 is 1. The van der Waals surface area contributed by atoms with Gasteiger partial charge in [-0.3, -0.25) is 4.79 Å². The summed E-state index contributed by atoms with van der Waals surface area (Å²) >= 11 is 0. The van der Waals surface area contributed by atoms with Gasteiger partial charge in [-0.25, -0.2) is 0 Å². The van der Waals surface area contributed by atoms with Crippen LogP contribution in [0.2, 0.25) is 0 Å². The van der Waals surface area contributed by atoms with Crippen molar-refractivity contribution in [3.8, 4) is 5.75 Å². The molecule has 1 amide bonds. The molecule has 0 aromatic heterocycles. The third kappa shape index (κ3) is 5.23. The largest absolute Gasteiger partial charge is 0.497 e. The molecule has 0 bridgehead atoms. The number of unbranched alkanes of at least 4 members (excludes halogenated alkanes) is 1. The van der Waals surface area contributed by atoms with E-state index < -0.39 is 6.29 Å². The van der Waals surface area contributed by atoms with Crippen molar-refractivity contribution in [1.29, 1.82) is 0 Å². The Morgan fingerprint density at radius 2 is 1.96 bits per heavy atom. The molecule has 0 radical (unpaired) electrons. The van der Waals surface area contributed by atoms with Gasteiger partial charge in [0.15, 0.2) is 5.76 Å². The van der Waals surface area contributed by atoms with Crippen LogP contribution in [0.25, 0.3) is 0 Å². The molecule has 27 heavy (non-hydrogen) atoms. The van der Waals surface area contributed by atoms with Crippen LogP contribution in [0.1, 0.15) is 43.6 Å². The van der Waals surface area contributed by atoms with E-state index in [0.717, 1.165) is 43.7 Å². The second-order valence-corrected chi connectivity index (χ2v) is 6.99. The van der Waals surface area contributed by atoms with E-state index in [1.165, 1.54) is 0 Å². The lowest BCUT2D eigenvalue weighted by Crippen LogP contribution is -2.35. The first kappa shape index (κ1) is 19.7. The standard InChI is InChI=1S/C21H29NO5/c1-25-18-8-6-16(7-9-18)17-14-19(21(24)22-10-2-3-11-22)27-20(15-17)26-13-5-4-12-23/h6-9,14,17,20,23H,2-5,10-13,15H2,1H3/t17-,20+/m0/s1. The topological polar surface area (TPSA) is 68.2 Å². The number of allylic oxidation sites excluding steroid dienone is 1. The number of amides is 1. The summed E-state index contributed by atoms with van der Waals surface area (Å²) < 4.78 is 17.0. The second kappa shape index (κ2) is 9.76. The molecule has 6 nitrogen and oxygen atoms in total. The van der Waals surface area contributed by atoms with Gasteiger partial charge >= 0.3 is 0 Å². The molecule has 1 aromatic rings. The molecule has 0 saturated carbocycles. The van der Waals surface area contributed by atoms with E-state index in [2.05, 4.69) is 0 Å². The average Bonchev–Trinajstić information content (AvgIpc) is 3.25. The van der Waals surface area contributed by atoms with Crippen molar-refractivity contribution in [1.82, 2.24) is 4.90 Å². The summed E-state index contributed by atoms with van der Waals surface area (Å²) in [6.45, 7) is 2.23. The number of hydrogen-bond acceptors (Lipinski definition) is 5. The summed E-state index contributed by atoms with van der Waals surface area (Å²) in [6, 6.07) is 7.90. The van der Waals surface area contributed by atoms with Crippen LogP contribution in [0.15, 0.2) is 36.1 Å². The van der Waals surface area contributed by atoms with Crippen LogP contribution in [0.5, 0.6) is 5.75 Å². The molecule has 2 aliphatic heterocycles. The molecule has 6 heteroatoms. The quantitative estimate of drug-likeness (QED) is 0.708. The Bertz CT molecular complexity index is 636. The van der Waals surface area contributed by atoms with E-state index in [1.54, 1.807) is 7.11 Å². The second-order valence-electron chi connectivity index (χ2n) is 6.99. The van der Waals surface area contributed by atoms with E-state index in [0.29, 0.717) is 25.2 Å². The number of benzene rings is 1. The fourth-order valence-electron chi connectivity index (χ4n) is 3.50. The monoisotopic (exact) mass is 375 g/mol. The van der Waals surface area contributed by atoms with Crippen molar-refractivity contribution in [2.24, 2.45) is 0 Å². The highest BCUT2D eigenvalue weighted by molar-refractivity contribution is 5.92. The lowest BCUT2D eigenvalue weighted by atomic mass is 9.92. The number of aliphatic hydroxyl groups is 1. The minimum Gasteiger partial charge on any atom is -0.497 e. The maximum absolute atomic E-state index is 12.8. The SMILES string of the molecule is COc1ccc([C@H]2C=C(C(=O)N3CCCC3)O[C@@H](OCCCCO)C2)cc1. The van der Waals surface area contributed by atoms with Crippen LogP contribution >= 0.6 is 0 Å². The molecule has 0 spiro atoms. The number of carbonyl (C=O) groups is 1. The van der Waals surface area contributed by atoms with Gasteiger partial charge in [-0.1, -0.05) is 12.1 Å².